The first-order chi connectivity index (χ1) is 17.6. The standard InChI is InChI=1S/C27H28N4O5S/c1-16-8-6-9-17(2)24(16)22-14-19(12-13-23(22)36-5)26-29-18(3)25(31(26)33)27(32)30-20-10-7-11-21(15-20)37(34,35)28-4/h6-15,28,33H,1-5H3,(H,30,32)/p+1. The molecule has 0 fully saturated rings. The van der Waals surface area contributed by atoms with Crippen molar-refractivity contribution in [2.75, 3.05) is 19.5 Å². The van der Waals surface area contributed by atoms with Crippen LogP contribution < -0.4 is 19.5 Å². The molecule has 4 N–H and O–H groups in total. The lowest BCUT2D eigenvalue weighted by atomic mass is 9.93. The number of anilines is 1. The Balaban J connectivity index is 1.73. The number of nitrogens with one attached hydrogen (secondary N) is 3. The molecule has 9 nitrogen and oxygen atoms in total. The molecule has 0 unspecified atom stereocenters. The van der Waals surface area contributed by atoms with Crippen molar-refractivity contribution in [3.05, 3.63) is 83.2 Å². The van der Waals surface area contributed by atoms with Gasteiger partial charge in [-0.1, -0.05) is 24.3 Å². The summed E-state index contributed by atoms with van der Waals surface area (Å²) in [4.78, 5) is 16.2. The smallest absolute Gasteiger partial charge is 0.327 e. The van der Waals surface area contributed by atoms with E-state index in [1.54, 1.807) is 26.2 Å². The molecule has 3 aromatic carbocycles. The maximum absolute atomic E-state index is 13.1. The number of rotatable bonds is 7. The molecule has 0 aliphatic heterocycles. The van der Waals surface area contributed by atoms with Gasteiger partial charge in [0.25, 0.3) is 5.69 Å². The van der Waals surface area contributed by atoms with E-state index in [9.17, 15) is 18.4 Å². The van der Waals surface area contributed by atoms with E-state index in [1.807, 2.05) is 44.2 Å². The molecule has 0 atom stereocenters. The summed E-state index contributed by atoms with van der Waals surface area (Å²) in [5, 5.41) is 13.7. The van der Waals surface area contributed by atoms with E-state index in [-0.39, 0.29) is 16.3 Å². The third-order valence-corrected chi connectivity index (χ3v) is 7.61. The molecule has 10 heteroatoms. The number of H-pyrrole nitrogens is 1. The number of hydrogen-bond acceptors (Lipinski definition) is 5. The van der Waals surface area contributed by atoms with Crippen LogP contribution in [0.2, 0.25) is 0 Å². The van der Waals surface area contributed by atoms with E-state index < -0.39 is 15.9 Å². The van der Waals surface area contributed by atoms with Gasteiger partial charge in [-0.05, 0) is 78.7 Å². The third-order valence-electron chi connectivity index (χ3n) is 6.19. The average molecular weight is 522 g/mol. The normalized spacial score (nSPS) is 11.4. The SMILES string of the molecule is CNS(=O)(=O)c1cccc(NC(=O)c2c(C)[nH]c(-c3ccc(OC)c(-c4c(C)cccc4C)c3)[n+]2O)c1. The van der Waals surface area contributed by atoms with Gasteiger partial charge in [-0.2, -0.15) is 0 Å². The first-order valence-electron chi connectivity index (χ1n) is 11.5. The highest BCUT2D eigenvalue weighted by atomic mass is 32.2. The molecule has 1 heterocycles. The number of imidazole rings is 1. The number of ether oxygens (including phenoxy) is 1. The molecular formula is C27H29N4O5S+. The maximum Gasteiger partial charge on any atom is 0.327 e. The molecule has 1 amide bonds. The van der Waals surface area contributed by atoms with Gasteiger partial charge >= 0.3 is 11.7 Å². The minimum absolute atomic E-state index is 0.00779. The van der Waals surface area contributed by atoms with Crippen molar-refractivity contribution >= 4 is 21.6 Å². The molecule has 0 saturated carbocycles. The summed E-state index contributed by atoms with van der Waals surface area (Å²) in [7, 11) is -0.763. The van der Waals surface area contributed by atoms with Gasteiger partial charge in [0, 0.05) is 18.2 Å². The number of carbonyl (C=O) groups is 1. The van der Waals surface area contributed by atoms with Crippen LogP contribution in [-0.4, -0.2) is 38.7 Å². The molecule has 1 aromatic heterocycles. The lowest BCUT2D eigenvalue weighted by Gasteiger charge is -2.14. The average Bonchev–Trinajstić information content (AvgIpc) is 3.17. The lowest BCUT2D eigenvalue weighted by molar-refractivity contribution is -0.896. The van der Waals surface area contributed by atoms with E-state index in [0.717, 1.165) is 27.0 Å². The van der Waals surface area contributed by atoms with Crippen LogP contribution in [0.15, 0.2) is 65.6 Å². The molecule has 4 aromatic rings. The van der Waals surface area contributed by atoms with Crippen LogP contribution in [0.5, 0.6) is 5.75 Å². The monoisotopic (exact) mass is 521 g/mol. The van der Waals surface area contributed by atoms with Crippen LogP contribution in [0.3, 0.4) is 0 Å². The van der Waals surface area contributed by atoms with Crippen LogP contribution >= 0.6 is 0 Å². The van der Waals surface area contributed by atoms with E-state index >= 15 is 0 Å². The number of aryl methyl sites for hydroxylation is 3. The van der Waals surface area contributed by atoms with Crippen LogP contribution in [0, 0.1) is 20.8 Å². The fraction of sp³-hybridized carbons (Fsp3) is 0.185. The van der Waals surface area contributed by atoms with Gasteiger partial charge in [-0.25, -0.2) is 18.1 Å². The first-order valence-corrected chi connectivity index (χ1v) is 13.0. The van der Waals surface area contributed by atoms with Crippen molar-refractivity contribution in [1.29, 1.82) is 0 Å². The zero-order chi connectivity index (χ0) is 26.9. The van der Waals surface area contributed by atoms with Crippen molar-refractivity contribution in [1.82, 2.24) is 9.71 Å². The Labute approximate surface area is 215 Å². The molecule has 0 spiro atoms. The Kier molecular flexibility index (Phi) is 7.06. The van der Waals surface area contributed by atoms with Crippen molar-refractivity contribution in [2.24, 2.45) is 0 Å². The Morgan fingerprint density at radius 1 is 1.00 bits per heavy atom. The van der Waals surface area contributed by atoms with Crippen molar-refractivity contribution in [3.63, 3.8) is 0 Å². The predicted molar refractivity (Wildman–Crippen MR) is 140 cm³/mol. The lowest BCUT2D eigenvalue weighted by Crippen LogP contribution is -2.39. The number of benzene rings is 3. The highest BCUT2D eigenvalue weighted by Gasteiger charge is 2.30. The number of carbonyl (C=O) groups excluding carboxylic acids is 1. The molecular weight excluding hydrogens is 492 g/mol. The number of aromatic amines is 1. The molecule has 4 rings (SSSR count). The highest BCUT2D eigenvalue weighted by molar-refractivity contribution is 7.89. The number of nitrogens with zero attached hydrogens (tertiary/aromatic N) is 1. The minimum atomic E-state index is -3.68. The second-order valence-electron chi connectivity index (χ2n) is 8.63. The Hall–Kier alpha value is -4.15. The van der Waals surface area contributed by atoms with Crippen LogP contribution in [-0.2, 0) is 10.0 Å². The van der Waals surface area contributed by atoms with Gasteiger partial charge in [-0.3, -0.25) is 4.79 Å². The third kappa shape index (κ3) is 4.93. The van der Waals surface area contributed by atoms with Gasteiger partial charge in [0.15, 0.2) is 5.69 Å². The first kappa shape index (κ1) is 25.9. The molecule has 0 aliphatic carbocycles. The van der Waals surface area contributed by atoms with E-state index in [1.165, 1.54) is 25.2 Å². The van der Waals surface area contributed by atoms with Gasteiger partial charge in [0.1, 0.15) is 5.75 Å². The molecule has 0 bridgehead atoms. The summed E-state index contributed by atoms with van der Waals surface area (Å²) in [6.07, 6.45) is 0. The molecule has 192 valence electrons. The fourth-order valence-corrected chi connectivity index (χ4v) is 5.14. The van der Waals surface area contributed by atoms with Crippen LogP contribution in [0.1, 0.15) is 27.3 Å². The number of methoxy groups -OCH3 is 1. The maximum atomic E-state index is 13.1. The Bertz CT molecular complexity index is 1590. The van der Waals surface area contributed by atoms with Crippen molar-refractivity contribution < 1.29 is 27.9 Å². The van der Waals surface area contributed by atoms with E-state index in [4.69, 9.17) is 4.74 Å². The summed E-state index contributed by atoms with van der Waals surface area (Å²) in [6, 6.07) is 17.4. The Morgan fingerprint density at radius 2 is 1.68 bits per heavy atom. The van der Waals surface area contributed by atoms with Crippen molar-refractivity contribution in [2.45, 2.75) is 25.7 Å². The molecule has 0 aliphatic rings. The zero-order valence-corrected chi connectivity index (χ0v) is 22.0. The van der Waals surface area contributed by atoms with E-state index in [2.05, 4.69) is 15.0 Å². The van der Waals surface area contributed by atoms with Gasteiger partial charge in [0.2, 0.25) is 10.0 Å². The fourth-order valence-electron chi connectivity index (χ4n) is 4.36. The largest absolute Gasteiger partial charge is 0.496 e. The Morgan fingerprint density at radius 3 is 2.32 bits per heavy atom. The second kappa shape index (κ2) is 10.1. The number of amides is 1. The number of hydrogen-bond donors (Lipinski definition) is 4. The quantitative estimate of drug-likeness (QED) is 0.216. The summed E-state index contributed by atoms with van der Waals surface area (Å²) >= 11 is 0. The number of aromatic nitrogens is 2. The van der Waals surface area contributed by atoms with Gasteiger partial charge < -0.3 is 15.3 Å². The predicted octanol–water partition coefficient (Wildman–Crippen LogP) is 3.97. The topological polar surface area (TPSA) is 124 Å². The summed E-state index contributed by atoms with van der Waals surface area (Å²) in [6.45, 7) is 5.72. The second-order valence-corrected chi connectivity index (χ2v) is 10.5. The van der Waals surface area contributed by atoms with Gasteiger partial charge in [0.05, 0.1) is 17.6 Å². The summed E-state index contributed by atoms with van der Waals surface area (Å²) in [5.74, 6) is 0.387. The van der Waals surface area contributed by atoms with Crippen LogP contribution in [0.4, 0.5) is 5.69 Å². The van der Waals surface area contributed by atoms with Crippen molar-refractivity contribution in [3.8, 4) is 28.3 Å². The highest BCUT2D eigenvalue weighted by Crippen LogP contribution is 2.37. The molecule has 0 radical (unpaired) electrons. The minimum Gasteiger partial charge on any atom is -0.496 e. The number of sulfonamides is 1. The summed E-state index contributed by atoms with van der Waals surface area (Å²) in [5.41, 5.74) is 5.38. The zero-order valence-electron chi connectivity index (χ0n) is 21.2. The van der Waals surface area contributed by atoms with Crippen LogP contribution in [0.25, 0.3) is 22.5 Å². The summed E-state index contributed by atoms with van der Waals surface area (Å²) < 4.78 is 32.9. The molecule has 37 heavy (non-hydrogen) atoms. The molecule has 0 saturated heterocycles. The van der Waals surface area contributed by atoms with E-state index in [0.29, 0.717) is 22.8 Å². The van der Waals surface area contributed by atoms with Gasteiger partial charge in [-0.15, -0.1) is 0 Å².